The molecule has 1 fully saturated rings. The zero-order valence-electron chi connectivity index (χ0n) is 10.4. The van der Waals surface area contributed by atoms with E-state index in [2.05, 4.69) is 22.0 Å². The van der Waals surface area contributed by atoms with Gasteiger partial charge in [0.05, 0.1) is 16.0 Å². The van der Waals surface area contributed by atoms with Crippen LogP contribution in [0.3, 0.4) is 0 Å². The predicted molar refractivity (Wildman–Crippen MR) is 73.6 cm³/mol. The van der Waals surface area contributed by atoms with Crippen molar-refractivity contribution < 1.29 is 4.39 Å². The molecule has 0 unspecified atom stereocenters. The first-order valence-corrected chi connectivity index (χ1v) is 7.30. The quantitative estimate of drug-likeness (QED) is 0.706. The minimum Gasteiger partial charge on any atom is -0.206 e. The third-order valence-electron chi connectivity index (χ3n) is 3.82. The Morgan fingerprint density at radius 1 is 1.22 bits per heavy atom. The summed E-state index contributed by atoms with van der Waals surface area (Å²) >= 11 is 3.21. The van der Waals surface area contributed by atoms with Crippen LogP contribution in [0.2, 0.25) is 0 Å². The van der Waals surface area contributed by atoms with E-state index in [1.807, 2.05) is 0 Å². The van der Waals surface area contributed by atoms with Gasteiger partial charge in [-0.05, 0) is 52.9 Å². The topological polar surface area (TPSA) is 23.8 Å². The molecule has 0 aromatic heterocycles. The van der Waals surface area contributed by atoms with Crippen LogP contribution in [0.5, 0.6) is 0 Å². The summed E-state index contributed by atoms with van der Waals surface area (Å²) < 4.78 is 13.7. The molecule has 0 atom stereocenters. The monoisotopic (exact) mass is 309 g/mol. The minimum absolute atomic E-state index is 0.242. The number of benzene rings is 1. The van der Waals surface area contributed by atoms with E-state index in [1.54, 1.807) is 12.1 Å². The van der Waals surface area contributed by atoms with Crippen LogP contribution < -0.4 is 0 Å². The highest BCUT2D eigenvalue weighted by molar-refractivity contribution is 9.10. The fraction of sp³-hybridized carbons (Fsp3) is 0.533. The van der Waals surface area contributed by atoms with Crippen molar-refractivity contribution in [1.29, 1.82) is 5.26 Å². The molecule has 1 aromatic rings. The molecule has 1 aromatic carbocycles. The number of nitriles is 1. The number of hydrogen-bond donors (Lipinski definition) is 0. The molecule has 2 rings (SSSR count). The van der Waals surface area contributed by atoms with Gasteiger partial charge in [0, 0.05) is 0 Å². The zero-order valence-corrected chi connectivity index (χ0v) is 12.0. The summed E-state index contributed by atoms with van der Waals surface area (Å²) in [6, 6.07) is 7.60. The van der Waals surface area contributed by atoms with E-state index in [9.17, 15) is 9.65 Å². The van der Waals surface area contributed by atoms with Crippen molar-refractivity contribution >= 4 is 15.9 Å². The maximum Gasteiger partial charge on any atom is 0.137 e. The maximum atomic E-state index is 13.2. The normalized spacial score (nSPS) is 18.9. The molecule has 1 aliphatic rings. The number of nitrogens with zero attached hydrogens (tertiary/aromatic N) is 1. The lowest BCUT2D eigenvalue weighted by Crippen LogP contribution is -2.20. The third-order valence-corrected chi connectivity index (χ3v) is 4.43. The van der Waals surface area contributed by atoms with E-state index < -0.39 is 0 Å². The van der Waals surface area contributed by atoms with Gasteiger partial charge in [0.25, 0.3) is 0 Å². The van der Waals surface area contributed by atoms with Crippen LogP contribution in [0, 0.1) is 22.6 Å². The van der Waals surface area contributed by atoms with E-state index >= 15 is 0 Å². The molecule has 0 radical (unpaired) electrons. The largest absolute Gasteiger partial charge is 0.206 e. The van der Waals surface area contributed by atoms with Gasteiger partial charge in [-0.15, -0.1) is 0 Å². The molecule has 0 bridgehead atoms. The summed E-state index contributed by atoms with van der Waals surface area (Å²) in [6.45, 7) is 0. The van der Waals surface area contributed by atoms with Gasteiger partial charge in [-0.25, -0.2) is 4.39 Å². The summed E-state index contributed by atoms with van der Waals surface area (Å²) in [5, 5.41) is 9.52. The van der Waals surface area contributed by atoms with Crippen LogP contribution in [0.25, 0.3) is 0 Å². The van der Waals surface area contributed by atoms with Crippen molar-refractivity contribution in [3.63, 3.8) is 0 Å². The van der Waals surface area contributed by atoms with Crippen LogP contribution in [0.1, 0.15) is 44.1 Å². The highest BCUT2D eigenvalue weighted by Crippen LogP contribution is 2.38. The van der Waals surface area contributed by atoms with Gasteiger partial charge in [-0.3, -0.25) is 0 Å². The molecule has 1 saturated carbocycles. The van der Waals surface area contributed by atoms with E-state index in [0.29, 0.717) is 4.47 Å². The van der Waals surface area contributed by atoms with Crippen LogP contribution in [-0.4, -0.2) is 0 Å². The van der Waals surface area contributed by atoms with Crippen molar-refractivity contribution in [2.45, 2.75) is 44.9 Å². The van der Waals surface area contributed by atoms with Crippen molar-refractivity contribution in [3.05, 3.63) is 34.1 Å². The molecule has 0 aliphatic heterocycles. The third kappa shape index (κ3) is 3.11. The lowest BCUT2D eigenvalue weighted by atomic mass is 9.77. The Hall–Kier alpha value is -0.880. The smallest absolute Gasteiger partial charge is 0.137 e. The summed E-state index contributed by atoms with van der Waals surface area (Å²) in [5.74, 6) is -0.245. The second-order valence-corrected chi connectivity index (χ2v) is 6.09. The molecule has 0 N–H and O–H groups in total. The first kappa shape index (κ1) is 13.5. The summed E-state index contributed by atoms with van der Waals surface area (Å²) in [7, 11) is 0. The van der Waals surface area contributed by atoms with E-state index in [0.717, 1.165) is 37.7 Å². The molecule has 96 valence electrons. The Balaban J connectivity index is 2.18. The summed E-state index contributed by atoms with van der Waals surface area (Å²) in [6.07, 6.45) is 7.41. The Bertz CT molecular complexity index is 456. The fourth-order valence-electron chi connectivity index (χ4n) is 2.77. The molecule has 0 amide bonds. The SMILES string of the molecule is N#CC1(Cc2ccc(F)c(Br)c2)CCCCCC1. The summed E-state index contributed by atoms with van der Waals surface area (Å²) in [4.78, 5) is 0. The Kier molecular flexibility index (Phi) is 4.40. The van der Waals surface area contributed by atoms with Crippen LogP contribution >= 0.6 is 15.9 Å². The molecule has 18 heavy (non-hydrogen) atoms. The molecule has 1 nitrogen and oxygen atoms in total. The molecular weight excluding hydrogens is 293 g/mol. The van der Waals surface area contributed by atoms with Gasteiger partial charge in [0.1, 0.15) is 5.82 Å². The van der Waals surface area contributed by atoms with E-state index in [4.69, 9.17) is 0 Å². The molecular formula is C15H17BrFN. The second kappa shape index (κ2) is 5.84. The van der Waals surface area contributed by atoms with E-state index in [1.165, 1.54) is 18.9 Å². The van der Waals surface area contributed by atoms with Crippen LogP contribution in [-0.2, 0) is 6.42 Å². The fourth-order valence-corrected chi connectivity index (χ4v) is 3.20. The zero-order chi connectivity index (χ0) is 13.0. The highest BCUT2D eigenvalue weighted by atomic mass is 79.9. The molecule has 3 heteroatoms. The molecule has 1 aliphatic carbocycles. The van der Waals surface area contributed by atoms with Gasteiger partial charge in [-0.2, -0.15) is 5.26 Å². The van der Waals surface area contributed by atoms with Crippen LogP contribution in [0.15, 0.2) is 22.7 Å². The van der Waals surface area contributed by atoms with Crippen molar-refractivity contribution in [2.24, 2.45) is 5.41 Å². The first-order chi connectivity index (χ1) is 8.65. The lowest BCUT2D eigenvalue weighted by molar-refractivity contribution is 0.339. The first-order valence-electron chi connectivity index (χ1n) is 6.50. The van der Waals surface area contributed by atoms with E-state index in [-0.39, 0.29) is 11.2 Å². The van der Waals surface area contributed by atoms with Crippen molar-refractivity contribution in [2.75, 3.05) is 0 Å². The standard InChI is InChI=1S/C15H17BrFN/c16-13-9-12(5-6-14(13)17)10-15(11-18)7-3-1-2-4-8-15/h5-6,9H,1-4,7-8,10H2. The maximum absolute atomic E-state index is 13.2. The molecule has 0 saturated heterocycles. The van der Waals surface area contributed by atoms with Crippen molar-refractivity contribution in [3.8, 4) is 6.07 Å². The van der Waals surface area contributed by atoms with Gasteiger partial charge in [-0.1, -0.05) is 31.7 Å². The van der Waals surface area contributed by atoms with Gasteiger partial charge in [0.2, 0.25) is 0 Å². The molecule has 0 heterocycles. The highest BCUT2D eigenvalue weighted by Gasteiger charge is 2.31. The minimum atomic E-state index is -0.245. The summed E-state index contributed by atoms with van der Waals surface area (Å²) in [5.41, 5.74) is 0.806. The Morgan fingerprint density at radius 3 is 2.44 bits per heavy atom. The Morgan fingerprint density at radius 2 is 1.89 bits per heavy atom. The van der Waals surface area contributed by atoms with Gasteiger partial charge in [0.15, 0.2) is 0 Å². The molecule has 0 spiro atoms. The number of hydrogen-bond acceptors (Lipinski definition) is 1. The predicted octanol–water partition coefficient (Wildman–Crippen LogP) is 4.99. The van der Waals surface area contributed by atoms with Gasteiger partial charge >= 0.3 is 0 Å². The average molecular weight is 310 g/mol. The number of rotatable bonds is 2. The average Bonchev–Trinajstić information content (AvgIpc) is 2.60. The van der Waals surface area contributed by atoms with Crippen molar-refractivity contribution in [1.82, 2.24) is 0 Å². The van der Waals surface area contributed by atoms with Crippen LogP contribution in [0.4, 0.5) is 4.39 Å². The lowest BCUT2D eigenvalue weighted by Gasteiger charge is -2.25. The number of halogens is 2. The van der Waals surface area contributed by atoms with Gasteiger partial charge < -0.3 is 0 Å². The second-order valence-electron chi connectivity index (χ2n) is 5.23. The Labute approximate surface area is 116 Å².